The first-order valence-electron chi connectivity index (χ1n) is 20.2. The summed E-state index contributed by atoms with van der Waals surface area (Å²) in [5.74, 6) is -2.04. The van der Waals surface area contributed by atoms with E-state index in [0.717, 1.165) is 43.1 Å². The van der Waals surface area contributed by atoms with Crippen LogP contribution < -0.4 is 0 Å². The minimum atomic E-state index is -0.563. The van der Waals surface area contributed by atoms with Gasteiger partial charge in [0.1, 0.15) is 0 Å². The largest absolute Gasteiger partial charge is 0.289 e. The Bertz CT molecular complexity index is 3070. The maximum atomic E-state index is 14.9. The molecule has 0 heterocycles. The minimum absolute atomic E-state index is 0.0557. The molecule has 0 bridgehead atoms. The zero-order valence-corrected chi connectivity index (χ0v) is 33.2. The minimum Gasteiger partial charge on any atom is -0.289 e. The Morgan fingerprint density at radius 1 is 0.177 bits per heavy atom. The van der Waals surface area contributed by atoms with Gasteiger partial charge in [0.2, 0.25) is 0 Å². The lowest BCUT2D eigenvalue weighted by atomic mass is 9.89. The lowest BCUT2D eigenvalue weighted by molar-refractivity contribution is 0.102. The van der Waals surface area contributed by atoms with Crippen molar-refractivity contribution in [2.24, 2.45) is 0 Å². The molecule has 0 spiro atoms. The first-order chi connectivity index (χ1) is 30.3. The summed E-state index contributed by atoms with van der Waals surface area (Å²) in [5.41, 5.74) is 2.26. The van der Waals surface area contributed by atoms with E-state index in [1.54, 1.807) is 48.5 Å². The van der Waals surface area contributed by atoms with Crippen molar-refractivity contribution in [2.75, 3.05) is 0 Å². The molecule has 0 aliphatic carbocycles. The molecule has 5 nitrogen and oxygen atoms in total. The molecule has 0 amide bonds. The quantitative estimate of drug-likeness (QED) is 0.129. The molecule has 0 aliphatic rings. The molecule has 0 unspecified atom stereocenters. The van der Waals surface area contributed by atoms with E-state index in [1.165, 1.54) is 36.4 Å². The Hall–Kier alpha value is -8.41. The average Bonchev–Trinajstić information content (AvgIpc) is 3.34. The van der Waals surface area contributed by atoms with Gasteiger partial charge in [-0.15, -0.1) is 0 Å². The maximum Gasteiger partial charge on any atom is 0.193 e. The van der Waals surface area contributed by atoms with Crippen LogP contribution in [0.2, 0.25) is 0 Å². The van der Waals surface area contributed by atoms with Crippen LogP contribution in [0.15, 0.2) is 206 Å². The Balaban J connectivity index is 1.11. The molecule has 0 aliphatic heterocycles. The molecule has 10 aromatic carbocycles. The molecule has 0 aromatic heterocycles. The fourth-order valence-corrected chi connectivity index (χ4v) is 8.20. The monoisotopic (exact) mass is 798 g/mol. The van der Waals surface area contributed by atoms with E-state index in [4.69, 9.17) is 0 Å². The van der Waals surface area contributed by atoms with E-state index in [-0.39, 0.29) is 56.5 Å². The summed E-state index contributed by atoms with van der Waals surface area (Å²) in [6, 6.07) is 61.4. The lowest BCUT2D eigenvalue weighted by Gasteiger charge is -2.13. The molecular formula is C57H34O5. The summed E-state index contributed by atoms with van der Waals surface area (Å²) in [6.07, 6.45) is 0. The highest BCUT2D eigenvalue weighted by Gasteiger charge is 2.23. The third-order valence-corrected chi connectivity index (χ3v) is 11.5. The van der Waals surface area contributed by atoms with Crippen molar-refractivity contribution in [3.8, 4) is 0 Å². The molecule has 0 saturated carbocycles. The number of hydrogen-bond acceptors (Lipinski definition) is 5. The molecular weight excluding hydrogens is 765 g/mol. The molecule has 5 heteroatoms. The highest BCUT2D eigenvalue weighted by molar-refractivity contribution is 6.21. The SMILES string of the molecule is O=C(c1cc(C(=O)c2ccc3ccccc3c2)cc(C(=O)c2ccc3ccccc3c2)c1)c1cc(C(=O)c2ccc3ccccc3c2)cc(C(=O)c2ccc3ccccc3c2)c1. The predicted molar refractivity (Wildman–Crippen MR) is 246 cm³/mol. The fraction of sp³-hybridized carbons (Fsp3) is 0. The van der Waals surface area contributed by atoms with Gasteiger partial charge < -0.3 is 0 Å². The zero-order chi connectivity index (χ0) is 42.3. The standard InChI is InChI=1S/C57H34O5/c58-53(43-21-17-35-9-1-5-13-39(35)25-43)47-29-48(54(59)44-22-18-36-10-2-6-14-40(36)26-44)32-51(31-47)57(62)52-33-49(55(60)45-23-19-37-11-3-7-15-41(37)27-45)30-50(34-52)56(61)46-24-20-38-12-4-8-16-42(38)28-46/h1-34H. The van der Waals surface area contributed by atoms with Gasteiger partial charge >= 0.3 is 0 Å². The van der Waals surface area contributed by atoms with E-state index in [1.807, 2.05) is 121 Å². The summed E-state index contributed by atoms with van der Waals surface area (Å²) in [6.45, 7) is 0. The molecule has 10 rings (SSSR count). The van der Waals surface area contributed by atoms with Gasteiger partial charge in [-0.05, 0) is 104 Å². The van der Waals surface area contributed by atoms with Crippen molar-refractivity contribution < 1.29 is 24.0 Å². The Kier molecular flexibility index (Phi) is 9.55. The maximum absolute atomic E-state index is 14.9. The number of carbonyl (C=O) groups excluding carboxylic acids is 5. The first-order valence-corrected chi connectivity index (χ1v) is 20.2. The number of rotatable bonds is 10. The van der Waals surface area contributed by atoms with Crippen molar-refractivity contribution in [2.45, 2.75) is 0 Å². The van der Waals surface area contributed by atoms with Crippen molar-refractivity contribution in [1.82, 2.24) is 0 Å². The van der Waals surface area contributed by atoms with Crippen molar-refractivity contribution in [3.05, 3.63) is 262 Å². The number of benzene rings is 10. The van der Waals surface area contributed by atoms with Crippen molar-refractivity contribution >= 4 is 72.0 Å². The highest BCUT2D eigenvalue weighted by atomic mass is 16.1. The lowest BCUT2D eigenvalue weighted by Crippen LogP contribution is -2.13. The second-order valence-corrected chi connectivity index (χ2v) is 15.5. The van der Waals surface area contributed by atoms with Crippen LogP contribution in [0, 0.1) is 0 Å². The fourth-order valence-electron chi connectivity index (χ4n) is 8.20. The summed E-state index contributed by atoms with van der Waals surface area (Å²) < 4.78 is 0. The number of fused-ring (bicyclic) bond motifs is 4. The normalized spacial score (nSPS) is 11.2. The highest BCUT2D eigenvalue weighted by Crippen LogP contribution is 2.28. The van der Waals surface area contributed by atoms with E-state index < -0.39 is 5.78 Å². The van der Waals surface area contributed by atoms with Gasteiger partial charge in [-0.2, -0.15) is 0 Å². The average molecular weight is 799 g/mol. The van der Waals surface area contributed by atoms with E-state index in [2.05, 4.69) is 0 Å². The molecule has 0 saturated heterocycles. The van der Waals surface area contributed by atoms with Crippen LogP contribution in [0.25, 0.3) is 43.1 Å². The summed E-state index contributed by atoms with van der Waals surface area (Å²) in [5, 5.41) is 7.34. The van der Waals surface area contributed by atoms with Gasteiger partial charge in [-0.1, -0.05) is 146 Å². The predicted octanol–water partition coefficient (Wildman–Crippen LogP) is 12.5. The van der Waals surface area contributed by atoms with Crippen LogP contribution in [0.3, 0.4) is 0 Å². The zero-order valence-electron chi connectivity index (χ0n) is 33.2. The van der Waals surface area contributed by atoms with E-state index in [0.29, 0.717) is 22.3 Å². The van der Waals surface area contributed by atoms with Crippen LogP contribution in [0.4, 0.5) is 0 Å². The van der Waals surface area contributed by atoms with Crippen LogP contribution in [0.1, 0.15) is 79.6 Å². The third kappa shape index (κ3) is 7.18. The van der Waals surface area contributed by atoms with Gasteiger partial charge in [0.25, 0.3) is 0 Å². The first kappa shape index (κ1) is 37.8. The Labute approximate surface area is 356 Å². The molecule has 10 aromatic rings. The molecule has 0 atom stereocenters. The summed E-state index contributed by atoms with van der Waals surface area (Å²) in [7, 11) is 0. The summed E-state index contributed by atoms with van der Waals surface area (Å²) in [4.78, 5) is 72.4. The van der Waals surface area contributed by atoms with Crippen LogP contribution in [-0.4, -0.2) is 28.9 Å². The molecule has 292 valence electrons. The van der Waals surface area contributed by atoms with E-state index >= 15 is 0 Å². The number of ketones is 5. The van der Waals surface area contributed by atoms with Crippen molar-refractivity contribution in [3.63, 3.8) is 0 Å². The smallest absolute Gasteiger partial charge is 0.193 e. The van der Waals surface area contributed by atoms with Gasteiger partial charge in [0.15, 0.2) is 28.9 Å². The molecule has 0 N–H and O–H groups in total. The molecule has 0 radical (unpaired) electrons. The van der Waals surface area contributed by atoms with Gasteiger partial charge in [-0.25, -0.2) is 0 Å². The van der Waals surface area contributed by atoms with Crippen molar-refractivity contribution in [1.29, 1.82) is 0 Å². The number of carbonyl (C=O) groups is 5. The van der Waals surface area contributed by atoms with Crippen LogP contribution >= 0.6 is 0 Å². The molecule has 62 heavy (non-hydrogen) atoms. The second kappa shape index (κ2) is 15.6. The van der Waals surface area contributed by atoms with Crippen LogP contribution in [0.5, 0.6) is 0 Å². The summed E-state index contributed by atoms with van der Waals surface area (Å²) >= 11 is 0. The number of hydrogen-bond donors (Lipinski definition) is 0. The van der Waals surface area contributed by atoms with Crippen LogP contribution in [-0.2, 0) is 0 Å². The topological polar surface area (TPSA) is 85.3 Å². The Morgan fingerprint density at radius 2 is 0.355 bits per heavy atom. The third-order valence-electron chi connectivity index (χ3n) is 11.5. The Morgan fingerprint density at radius 3 is 0.565 bits per heavy atom. The van der Waals surface area contributed by atoms with Gasteiger partial charge in [0, 0.05) is 55.6 Å². The van der Waals surface area contributed by atoms with Gasteiger partial charge in [0.05, 0.1) is 0 Å². The molecule has 0 fully saturated rings. The van der Waals surface area contributed by atoms with Gasteiger partial charge in [-0.3, -0.25) is 24.0 Å². The van der Waals surface area contributed by atoms with E-state index in [9.17, 15) is 24.0 Å². The second-order valence-electron chi connectivity index (χ2n) is 15.5.